The van der Waals surface area contributed by atoms with Crippen LogP contribution in [0.2, 0.25) is 0 Å². The fraction of sp³-hybridized carbons (Fsp3) is 0.882. The molecule has 0 saturated heterocycles. The molecule has 0 heterocycles. The van der Waals surface area contributed by atoms with E-state index in [9.17, 15) is 9.59 Å². The third kappa shape index (κ3) is 8.08. The maximum atomic E-state index is 12.4. The summed E-state index contributed by atoms with van der Waals surface area (Å²) in [4.78, 5) is 24.5. The normalized spacial score (nSPS) is 14.1. The first-order chi connectivity index (χ1) is 11.2. The molecular weight excluding hydrogens is 316 g/mol. The molecular formula is C17H32O7. The Labute approximate surface area is 144 Å². The van der Waals surface area contributed by atoms with Crippen molar-refractivity contribution in [1.29, 1.82) is 0 Å². The average molecular weight is 348 g/mol. The number of methoxy groups -OCH3 is 1. The lowest BCUT2D eigenvalue weighted by atomic mass is 9.72. The van der Waals surface area contributed by atoms with E-state index in [0.29, 0.717) is 32.7 Å². The molecule has 24 heavy (non-hydrogen) atoms. The Morgan fingerprint density at radius 3 is 2.04 bits per heavy atom. The number of ether oxygens (including phenoxy) is 4. The molecule has 142 valence electrons. The predicted molar refractivity (Wildman–Crippen MR) is 88.5 cm³/mol. The Balaban J connectivity index is 4.53. The zero-order valence-corrected chi connectivity index (χ0v) is 15.6. The monoisotopic (exact) mass is 348 g/mol. The summed E-state index contributed by atoms with van der Waals surface area (Å²) >= 11 is 0. The van der Waals surface area contributed by atoms with Crippen molar-refractivity contribution < 1.29 is 33.6 Å². The molecule has 0 aromatic carbocycles. The van der Waals surface area contributed by atoms with Gasteiger partial charge < -0.3 is 24.1 Å². The predicted octanol–water partition coefficient (Wildman–Crippen LogP) is 1.56. The summed E-state index contributed by atoms with van der Waals surface area (Å²) in [7, 11) is 1.59. The van der Waals surface area contributed by atoms with Crippen molar-refractivity contribution in [1.82, 2.24) is 0 Å². The number of rotatable bonds is 13. The van der Waals surface area contributed by atoms with Crippen molar-refractivity contribution >= 4 is 11.9 Å². The minimum absolute atomic E-state index is 0.0473. The number of carbonyl (C=O) groups excluding carboxylic acids is 2. The van der Waals surface area contributed by atoms with Crippen LogP contribution >= 0.6 is 0 Å². The molecule has 0 amide bonds. The average Bonchev–Trinajstić information content (AvgIpc) is 2.54. The molecule has 1 unspecified atom stereocenters. The van der Waals surface area contributed by atoms with Gasteiger partial charge >= 0.3 is 11.9 Å². The highest BCUT2D eigenvalue weighted by Crippen LogP contribution is 2.38. The van der Waals surface area contributed by atoms with E-state index < -0.39 is 16.8 Å². The summed E-state index contributed by atoms with van der Waals surface area (Å²) in [6.45, 7) is 8.24. The van der Waals surface area contributed by atoms with Gasteiger partial charge in [-0.15, -0.1) is 0 Å². The molecule has 0 aliphatic carbocycles. The van der Waals surface area contributed by atoms with Crippen LogP contribution in [-0.4, -0.2) is 63.8 Å². The Hall–Kier alpha value is -1.18. The van der Waals surface area contributed by atoms with Gasteiger partial charge in [0, 0.05) is 7.11 Å². The van der Waals surface area contributed by atoms with Crippen LogP contribution in [-0.2, 0) is 28.5 Å². The van der Waals surface area contributed by atoms with Gasteiger partial charge in [-0.2, -0.15) is 0 Å². The van der Waals surface area contributed by atoms with Gasteiger partial charge in [0.15, 0.2) is 0 Å². The second kappa shape index (κ2) is 11.4. The van der Waals surface area contributed by atoms with Crippen LogP contribution in [0.5, 0.6) is 0 Å². The zero-order valence-electron chi connectivity index (χ0n) is 15.6. The van der Waals surface area contributed by atoms with Crippen molar-refractivity contribution in [3.8, 4) is 0 Å². The van der Waals surface area contributed by atoms with E-state index in [-0.39, 0.29) is 25.8 Å². The summed E-state index contributed by atoms with van der Waals surface area (Å²) in [5, 5.41) is 8.75. The Kier molecular flexibility index (Phi) is 10.8. The molecule has 0 saturated carbocycles. The minimum atomic E-state index is -0.853. The Bertz CT molecular complexity index is 381. The molecule has 0 fully saturated rings. The van der Waals surface area contributed by atoms with Gasteiger partial charge in [0.2, 0.25) is 0 Å². The SMILES string of the molecule is CCC(C)(CC(C)(C)C(=O)OCCO)C(=O)OCCOCCOC. The topological polar surface area (TPSA) is 91.3 Å². The largest absolute Gasteiger partial charge is 0.463 e. The van der Waals surface area contributed by atoms with E-state index in [0.717, 1.165) is 0 Å². The number of aliphatic hydroxyl groups excluding tert-OH is 1. The Morgan fingerprint density at radius 2 is 1.50 bits per heavy atom. The quantitative estimate of drug-likeness (QED) is 0.399. The van der Waals surface area contributed by atoms with E-state index in [1.807, 2.05) is 6.92 Å². The molecule has 7 nitrogen and oxygen atoms in total. The number of aliphatic hydroxyl groups is 1. The van der Waals surface area contributed by atoms with Gasteiger partial charge in [-0.3, -0.25) is 9.59 Å². The second-order valence-corrected chi connectivity index (χ2v) is 6.58. The van der Waals surface area contributed by atoms with Crippen LogP contribution in [0.3, 0.4) is 0 Å². The van der Waals surface area contributed by atoms with Gasteiger partial charge in [-0.25, -0.2) is 0 Å². The molecule has 1 atom stereocenters. The minimum Gasteiger partial charge on any atom is -0.463 e. The molecule has 0 rings (SSSR count). The summed E-state index contributed by atoms with van der Waals surface area (Å²) < 4.78 is 20.4. The lowest BCUT2D eigenvalue weighted by molar-refractivity contribution is -0.164. The molecule has 0 aliphatic rings. The summed E-state index contributed by atoms with van der Waals surface area (Å²) in [6.07, 6.45) is 0.831. The van der Waals surface area contributed by atoms with Gasteiger partial charge in [0.1, 0.15) is 13.2 Å². The highest BCUT2D eigenvalue weighted by atomic mass is 16.6. The van der Waals surface area contributed by atoms with E-state index in [2.05, 4.69) is 0 Å². The standard InChI is InChI=1S/C17H32O7/c1-6-17(4,13-16(2,3)14(19)23-8-7-18)15(20)24-12-11-22-10-9-21-5/h18H,6-13H2,1-5H3. The second-order valence-electron chi connectivity index (χ2n) is 6.58. The van der Waals surface area contributed by atoms with Gasteiger partial charge in [0.05, 0.1) is 37.3 Å². The first kappa shape index (κ1) is 22.8. The molecule has 0 aromatic rings. The third-order valence-electron chi connectivity index (χ3n) is 3.87. The van der Waals surface area contributed by atoms with Gasteiger partial charge in [0.25, 0.3) is 0 Å². The van der Waals surface area contributed by atoms with Crippen molar-refractivity contribution in [2.75, 3.05) is 46.8 Å². The van der Waals surface area contributed by atoms with Gasteiger partial charge in [-0.05, 0) is 33.6 Å². The van der Waals surface area contributed by atoms with Crippen LogP contribution in [0.15, 0.2) is 0 Å². The fourth-order valence-electron chi connectivity index (χ4n) is 2.33. The number of hydrogen-bond acceptors (Lipinski definition) is 7. The number of esters is 2. The Morgan fingerprint density at radius 1 is 0.917 bits per heavy atom. The van der Waals surface area contributed by atoms with E-state index in [1.54, 1.807) is 27.9 Å². The highest BCUT2D eigenvalue weighted by Gasteiger charge is 2.42. The van der Waals surface area contributed by atoms with E-state index in [1.165, 1.54) is 0 Å². The van der Waals surface area contributed by atoms with Crippen molar-refractivity contribution in [2.24, 2.45) is 10.8 Å². The van der Waals surface area contributed by atoms with Crippen molar-refractivity contribution in [3.05, 3.63) is 0 Å². The van der Waals surface area contributed by atoms with E-state index in [4.69, 9.17) is 24.1 Å². The van der Waals surface area contributed by atoms with Crippen LogP contribution in [0.25, 0.3) is 0 Å². The molecule has 0 aliphatic heterocycles. The first-order valence-corrected chi connectivity index (χ1v) is 8.25. The summed E-state index contributed by atoms with van der Waals surface area (Å²) in [6, 6.07) is 0. The summed E-state index contributed by atoms with van der Waals surface area (Å²) in [5.74, 6) is -0.796. The fourth-order valence-corrected chi connectivity index (χ4v) is 2.33. The maximum absolute atomic E-state index is 12.4. The first-order valence-electron chi connectivity index (χ1n) is 8.25. The molecule has 7 heteroatoms. The smallest absolute Gasteiger partial charge is 0.311 e. The number of hydrogen-bond donors (Lipinski definition) is 1. The molecule has 0 radical (unpaired) electrons. The van der Waals surface area contributed by atoms with Crippen LogP contribution < -0.4 is 0 Å². The third-order valence-corrected chi connectivity index (χ3v) is 3.87. The van der Waals surface area contributed by atoms with Crippen molar-refractivity contribution in [2.45, 2.75) is 40.5 Å². The van der Waals surface area contributed by atoms with Crippen molar-refractivity contribution in [3.63, 3.8) is 0 Å². The van der Waals surface area contributed by atoms with Crippen LogP contribution in [0.4, 0.5) is 0 Å². The van der Waals surface area contributed by atoms with Crippen LogP contribution in [0.1, 0.15) is 40.5 Å². The molecule has 0 spiro atoms. The van der Waals surface area contributed by atoms with E-state index >= 15 is 0 Å². The molecule has 1 N–H and O–H groups in total. The van der Waals surface area contributed by atoms with Gasteiger partial charge in [-0.1, -0.05) is 6.92 Å². The lowest BCUT2D eigenvalue weighted by Gasteiger charge is -2.33. The zero-order chi connectivity index (χ0) is 18.6. The molecule has 0 aromatic heterocycles. The molecule has 0 bridgehead atoms. The highest BCUT2D eigenvalue weighted by molar-refractivity contribution is 5.80. The number of carbonyl (C=O) groups is 2. The summed E-state index contributed by atoms with van der Waals surface area (Å²) in [5.41, 5.74) is -1.65. The maximum Gasteiger partial charge on any atom is 0.311 e. The lowest BCUT2D eigenvalue weighted by Crippen LogP contribution is -2.39. The van der Waals surface area contributed by atoms with Crippen LogP contribution in [0, 0.1) is 10.8 Å².